The summed E-state index contributed by atoms with van der Waals surface area (Å²) in [6.45, 7) is 7.03. The second-order valence-electron chi connectivity index (χ2n) is 6.42. The number of hydrogen-bond donors (Lipinski definition) is 2. The van der Waals surface area contributed by atoms with Gasteiger partial charge in [0.1, 0.15) is 5.60 Å². The highest BCUT2D eigenvalue weighted by Crippen LogP contribution is 2.32. The second kappa shape index (κ2) is 5.54. The summed E-state index contributed by atoms with van der Waals surface area (Å²) in [6, 6.07) is 0. The van der Waals surface area contributed by atoms with E-state index < -0.39 is 11.2 Å². The number of carbonyl (C=O) groups excluding carboxylic acids is 1. The van der Waals surface area contributed by atoms with E-state index in [1.165, 1.54) is 13.8 Å². The number of hydrogen-bond acceptors (Lipinski definition) is 3. The Morgan fingerprint density at radius 3 is 2.61 bits per heavy atom. The van der Waals surface area contributed by atoms with Gasteiger partial charge in [-0.25, -0.2) is 0 Å². The van der Waals surface area contributed by atoms with E-state index >= 15 is 0 Å². The van der Waals surface area contributed by atoms with Crippen molar-refractivity contribution < 1.29 is 15.0 Å². The van der Waals surface area contributed by atoms with Gasteiger partial charge in [0.2, 0.25) is 0 Å². The quantitative estimate of drug-likeness (QED) is 0.741. The summed E-state index contributed by atoms with van der Waals surface area (Å²) in [7, 11) is 0. The Bertz CT molecular complexity index is 323. The zero-order valence-electron chi connectivity index (χ0n) is 11.9. The maximum atomic E-state index is 11.6. The number of carbonyl (C=O) groups is 1. The molecule has 0 saturated heterocycles. The number of ketones is 1. The smallest absolute Gasteiger partial charge is 0.163 e. The van der Waals surface area contributed by atoms with Crippen LogP contribution in [0.2, 0.25) is 0 Å². The van der Waals surface area contributed by atoms with Crippen LogP contribution in [0, 0.1) is 11.8 Å². The Labute approximate surface area is 110 Å². The molecule has 0 saturated carbocycles. The van der Waals surface area contributed by atoms with Crippen molar-refractivity contribution in [3.8, 4) is 0 Å². The Kier molecular flexibility index (Phi) is 4.73. The minimum Gasteiger partial charge on any atom is -0.386 e. The van der Waals surface area contributed by atoms with Crippen molar-refractivity contribution in [3.63, 3.8) is 0 Å². The van der Waals surface area contributed by atoms with Gasteiger partial charge in [0.25, 0.3) is 0 Å². The summed E-state index contributed by atoms with van der Waals surface area (Å²) < 4.78 is 0. The Morgan fingerprint density at radius 2 is 2.17 bits per heavy atom. The molecule has 1 rings (SSSR count). The van der Waals surface area contributed by atoms with E-state index in [0.717, 1.165) is 19.3 Å². The van der Waals surface area contributed by atoms with Crippen LogP contribution in [-0.4, -0.2) is 27.2 Å². The molecule has 3 nitrogen and oxygen atoms in total. The first-order valence-corrected chi connectivity index (χ1v) is 6.79. The van der Waals surface area contributed by atoms with E-state index in [0.29, 0.717) is 18.3 Å². The number of aliphatic hydroxyl groups is 2. The van der Waals surface area contributed by atoms with Gasteiger partial charge in [0.15, 0.2) is 5.78 Å². The van der Waals surface area contributed by atoms with Crippen molar-refractivity contribution in [1.29, 1.82) is 0 Å². The summed E-state index contributed by atoms with van der Waals surface area (Å²) in [5, 5.41) is 19.4. The molecule has 0 spiro atoms. The van der Waals surface area contributed by atoms with Crippen LogP contribution in [0.4, 0.5) is 0 Å². The van der Waals surface area contributed by atoms with E-state index in [1.54, 1.807) is 0 Å². The molecule has 3 heteroatoms. The molecule has 0 aromatic rings. The zero-order valence-corrected chi connectivity index (χ0v) is 11.9. The molecular weight excluding hydrogens is 228 g/mol. The lowest BCUT2D eigenvalue weighted by molar-refractivity contribution is -0.134. The third kappa shape index (κ3) is 4.54. The molecule has 1 aliphatic rings. The predicted molar refractivity (Wildman–Crippen MR) is 72.2 cm³/mol. The average molecular weight is 254 g/mol. The molecule has 2 N–H and O–H groups in total. The monoisotopic (exact) mass is 254 g/mol. The molecule has 0 bridgehead atoms. The maximum absolute atomic E-state index is 11.6. The first-order chi connectivity index (χ1) is 8.12. The standard InChI is InChI=1S/C15H26O3/c1-11(5-6-13(16)14(2,3)17)12-7-9-15(4,18)10-8-12/h7,9,11-12,17-18H,5-6,8,10H2,1-4H3/t11-,12+,15+/m0/s1. The van der Waals surface area contributed by atoms with Crippen molar-refractivity contribution in [1.82, 2.24) is 0 Å². The normalized spacial score (nSPS) is 30.2. The van der Waals surface area contributed by atoms with Crippen LogP contribution >= 0.6 is 0 Å². The highest BCUT2D eigenvalue weighted by atomic mass is 16.3. The van der Waals surface area contributed by atoms with Crippen LogP contribution < -0.4 is 0 Å². The van der Waals surface area contributed by atoms with Gasteiger partial charge in [-0.05, 0) is 51.9 Å². The molecule has 1 aliphatic carbocycles. The van der Waals surface area contributed by atoms with Gasteiger partial charge in [0.05, 0.1) is 5.60 Å². The lowest BCUT2D eigenvalue weighted by Crippen LogP contribution is -2.32. The fourth-order valence-electron chi connectivity index (χ4n) is 2.32. The molecular formula is C15H26O3. The zero-order chi connectivity index (χ0) is 14.0. The van der Waals surface area contributed by atoms with Crippen LogP contribution in [0.15, 0.2) is 12.2 Å². The Balaban J connectivity index is 2.43. The summed E-state index contributed by atoms with van der Waals surface area (Å²) >= 11 is 0. The molecule has 0 fully saturated rings. The molecule has 0 aromatic carbocycles. The molecule has 104 valence electrons. The summed E-state index contributed by atoms with van der Waals surface area (Å²) in [5.74, 6) is 0.740. The van der Waals surface area contributed by atoms with Crippen molar-refractivity contribution >= 4 is 5.78 Å². The van der Waals surface area contributed by atoms with Gasteiger partial charge in [-0.3, -0.25) is 4.79 Å². The van der Waals surface area contributed by atoms with Crippen LogP contribution in [0.5, 0.6) is 0 Å². The highest BCUT2D eigenvalue weighted by molar-refractivity contribution is 5.86. The van der Waals surface area contributed by atoms with Gasteiger partial charge in [0, 0.05) is 6.42 Å². The van der Waals surface area contributed by atoms with E-state index in [2.05, 4.69) is 13.0 Å². The lowest BCUT2D eigenvalue weighted by atomic mass is 9.78. The molecule has 0 amide bonds. The van der Waals surface area contributed by atoms with Crippen molar-refractivity contribution in [2.24, 2.45) is 11.8 Å². The Morgan fingerprint density at radius 1 is 1.56 bits per heavy atom. The van der Waals surface area contributed by atoms with E-state index in [1.807, 2.05) is 13.0 Å². The van der Waals surface area contributed by atoms with Crippen LogP contribution in [0.25, 0.3) is 0 Å². The summed E-state index contributed by atoms with van der Waals surface area (Å²) in [5.41, 5.74) is -1.88. The predicted octanol–water partition coefficient (Wildman–Crippen LogP) is 2.46. The molecule has 3 atom stereocenters. The van der Waals surface area contributed by atoms with E-state index in [9.17, 15) is 15.0 Å². The van der Waals surface area contributed by atoms with E-state index in [-0.39, 0.29) is 5.78 Å². The SMILES string of the molecule is C[C@@H](CCC(=O)C(C)(C)O)[C@@H]1C=C[C@@](C)(O)CC1. The van der Waals surface area contributed by atoms with Crippen LogP contribution in [-0.2, 0) is 4.79 Å². The van der Waals surface area contributed by atoms with Gasteiger partial charge in [-0.2, -0.15) is 0 Å². The third-order valence-electron chi connectivity index (χ3n) is 3.93. The Hall–Kier alpha value is -0.670. The molecule has 0 radical (unpaired) electrons. The minimum atomic E-state index is -1.22. The maximum Gasteiger partial charge on any atom is 0.163 e. The van der Waals surface area contributed by atoms with E-state index in [4.69, 9.17) is 0 Å². The van der Waals surface area contributed by atoms with Crippen molar-refractivity contribution in [2.45, 2.75) is 64.6 Å². The highest BCUT2D eigenvalue weighted by Gasteiger charge is 2.28. The molecule has 0 unspecified atom stereocenters. The van der Waals surface area contributed by atoms with Crippen molar-refractivity contribution in [3.05, 3.63) is 12.2 Å². The molecule has 18 heavy (non-hydrogen) atoms. The summed E-state index contributed by atoms with van der Waals surface area (Å²) in [4.78, 5) is 11.6. The second-order valence-corrected chi connectivity index (χ2v) is 6.42. The van der Waals surface area contributed by atoms with Gasteiger partial charge < -0.3 is 10.2 Å². The first kappa shape index (κ1) is 15.4. The van der Waals surface area contributed by atoms with Gasteiger partial charge in [-0.15, -0.1) is 0 Å². The fourth-order valence-corrected chi connectivity index (χ4v) is 2.32. The largest absolute Gasteiger partial charge is 0.386 e. The molecule has 0 heterocycles. The minimum absolute atomic E-state index is 0.0962. The topological polar surface area (TPSA) is 57.5 Å². The first-order valence-electron chi connectivity index (χ1n) is 6.79. The number of rotatable bonds is 5. The number of Topliss-reactive ketones (excluding diaryl/α,β-unsaturated/α-hetero) is 1. The van der Waals surface area contributed by atoms with Gasteiger partial charge >= 0.3 is 0 Å². The molecule has 0 aliphatic heterocycles. The van der Waals surface area contributed by atoms with Gasteiger partial charge in [-0.1, -0.05) is 19.1 Å². The number of allylic oxidation sites excluding steroid dienone is 1. The van der Waals surface area contributed by atoms with Crippen molar-refractivity contribution in [2.75, 3.05) is 0 Å². The van der Waals surface area contributed by atoms with Crippen LogP contribution in [0.1, 0.15) is 53.4 Å². The van der Waals surface area contributed by atoms with Crippen LogP contribution in [0.3, 0.4) is 0 Å². The molecule has 0 aromatic heterocycles. The third-order valence-corrected chi connectivity index (χ3v) is 3.93. The average Bonchev–Trinajstić information content (AvgIpc) is 2.24. The summed E-state index contributed by atoms with van der Waals surface area (Å²) in [6.07, 6.45) is 6.89. The lowest BCUT2D eigenvalue weighted by Gasteiger charge is -2.30. The fraction of sp³-hybridized carbons (Fsp3) is 0.800.